The number of hydrogen-bond acceptors (Lipinski definition) is 5. The second-order valence-electron chi connectivity index (χ2n) is 11.5. The summed E-state index contributed by atoms with van der Waals surface area (Å²) in [5, 5.41) is 16.5. The highest BCUT2D eigenvalue weighted by Gasteiger charge is 2.77. The SMILES string of the molecule is CC(C)C[C@H](CO)N1C(=O)[C@@H]2[C@H](C(=O)Nc3ccccc3)[C@]3(C)CCC2(S3)C1C(=O)NCc1ccccc1. The Morgan fingerprint density at radius 3 is 2.34 bits per heavy atom. The first-order valence-electron chi connectivity index (χ1n) is 13.5. The zero-order chi connectivity index (χ0) is 27.1. The van der Waals surface area contributed by atoms with Crippen molar-refractivity contribution in [2.45, 2.75) is 68.2 Å². The van der Waals surface area contributed by atoms with Crippen LogP contribution < -0.4 is 10.6 Å². The normalized spacial score (nSPS) is 30.4. The first-order valence-corrected chi connectivity index (χ1v) is 14.3. The van der Waals surface area contributed by atoms with Crippen molar-refractivity contribution in [3.8, 4) is 0 Å². The molecule has 0 saturated carbocycles. The quantitative estimate of drug-likeness (QED) is 0.453. The minimum absolute atomic E-state index is 0.180. The lowest BCUT2D eigenvalue weighted by Gasteiger charge is -2.37. The Kier molecular flexibility index (Phi) is 7.31. The maximum atomic E-state index is 14.3. The zero-order valence-corrected chi connectivity index (χ0v) is 23.0. The van der Waals surface area contributed by atoms with Crippen LogP contribution in [0.15, 0.2) is 60.7 Å². The highest BCUT2D eigenvalue weighted by Crippen LogP contribution is 2.71. The van der Waals surface area contributed by atoms with Gasteiger partial charge < -0.3 is 20.6 Å². The number of anilines is 1. The molecule has 3 saturated heterocycles. The molecule has 3 heterocycles. The van der Waals surface area contributed by atoms with Crippen LogP contribution >= 0.6 is 11.8 Å². The molecule has 0 radical (unpaired) electrons. The summed E-state index contributed by atoms with van der Waals surface area (Å²) in [5.41, 5.74) is 1.66. The van der Waals surface area contributed by atoms with Crippen LogP contribution in [0.2, 0.25) is 0 Å². The van der Waals surface area contributed by atoms with Crippen molar-refractivity contribution in [3.05, 3.63) is 66.2 Å². The van der Waals surface area contributed by atoms with Gasteiger partial charge in [-0.3, -0.25) is 14.4 Å². The van der Waals surface area contributed by atoms with Gasteiger partial charge in [-0.05, 0) is 49.8 Å². The number of nitrogens with zero attached hydrogens (tertiary/aromatic N) is 1. The van der Waals surface area contributed by atoms with Crippen molar-refractivity contribution in [2.75, 3.05) is 11.9 Å². The van der Waals surface area contributed by atoms with Crippen LogP contribution in [0.25, 0.3) is 0 Å². The van der Waals surface area contributed by atoms with Crippen molar-refractivity contribution < 1.29 is 19.5 Å². The topological polar surface area (TPSA) is 98.7 Å². The van der Waals surface area contributed by atoms with E-state index in [1.165, 1.54) is 0 Å². The molecule has 2 aromatic carbocycles. The molecule has 38 heavy (non-hydrogen) atoms. The number of benzene rings is 2. The lowest BCUT2D eigenvalue weighted by Crippen LogP contribution is -2.56. The number of carbonyl (C=O) groups excluding carboxylic acids is 3. The number of carbonyl (C=O) groups is 3. The molecule has 3 aliphatic rings. The van der Waals surface area contributed by atoms with Crippen molar-refractivity contribution >= 4 is 35.2 Å². The minimum atomic E-state index is -0.749. The third-order valence-electron chi connectivity index (χ3n) is 8.44. The summed E-state index contributed by atoms with van der Waals surface area (Å²) >= 11 is 1.65. The van der Waals surface area contributed by atoms with Crippen LogP contribution in [0.1, 0.15) is 45.6 Å². The summed E-state index contributed by atoms with van der Waals surface area (Å²) in [4.78, 5) is 43.7. The molecule has 0 aromatic heterocycles. The van der Waals surface area contributed by atoms with Gasteiger partial charge in [0.15, 0.2) is 0 Å². The Morgan fingerprint density at radius 2 is 1.71 bits per heavy atom. The molecule has 1 spiro atoms. The number of para-hydroxylation sites is 1. The van der Waals surface area contributed by atoms with Gasteiger partial charge in [0.05, 0.1) is 29.2 Å². The lowest BCUT2D eigenvalue weighted by molar-refractivity contribution is -0.142. The lowest BCUT2D eigenvalue weighted by atomic mass is 9.66. The molecule has 5 rings (SSSR count). The maximum Gasteiger partial charge on any atom is 0.244 e. The Morgan fingerprint density at radius 1 is 1.05 bits per heavy atom. The highest BCUT2D eigenvalue weighted by molar-refractivity contribution is 8.02. The molecule has 3 N–H and O–H groups in total. The van der Waals surface area contributed by atoms with Crippen molar-refractivity contribution in [2.24, 2.45) is 17.8 Å². The van der Waals surface area contributed by atoms with Gasteiger partial charge in [-0.25, -0.2) is 0 Å². The van der Waals surface area contributed by atoms with E-state index < -0.39 is 33.4 Å². The van der Waals surface area contributed by atoms with Gasteiger partial charge in [0, 0.05) is 17.0 Å². The largest absolute Gasteiger partial charge is 0.394 e. The molecule has 8 heteroatoms. The van der Waals surface area contributed by atoms with E-state index in [4.69, 9.17) is 0 Å². The Balaban J connectivity index is 1.50. The molecule has 3 amide bonds. The predicted molar refractivity (Wildman–Crippen MR) is 149 cm³/mol. The number of fused-ring (bicyclic) bond motifs is 1. The summed E-state index contributed by atoms with van der Waals surface area (Å²) in [6, 6.07) is 17.7. The fourth-order valence-electron chi connectivity index (χ4n) is 6.90. The van der Waals surface area contributed by atoms with Crippen LogP contribution in [0.3, 0.4) is 0 Å². The number of amides is 3. The van der Waals surface area contributed by atoms with E-state index in [1.54, 1.807) is 16.7 Å². The van der Waals surface area contributed by atoms with E-state index in [0.717, 1.165) is 12.0 Å². The van der Waals surface area contributed by atoms with Crippen molar-refractivity contribution in [1.29, 1.82) is 0 Å². The Hall–Kier alpha value is -2.84. The second kappa shape index (κ2) is 10.4. The van der Waals surface area contributed by atoms with Crippen LogP contribution in [0.5, 0.6) is 0 Å². The Labute approximate surface area is 228 Å². The van der Waals surface area contributed by atoms with Crippen LogP contribution in [-0.2, 0) is 20.9 Å². The summed E-state index contributed by atoms with van der Waals surface area (Å²) in [6.45, 7) is 6.29. The van der Waals surface area contributed by atoms with E-state index in [-0.39, 0.29) is 30.2 Å². The second-order valence-corrected chi connectivity index (χ2v) is 13.4. The third-order valence-corrected chi connectivity index (χ3v) is 10.4. The van der Waals surface area contributed by atoms with Gasteiger partial charge in [-0.1, -0.05) is 62.4 Å². The summed E-state index contributed by atoms with van der Waals surface area (Å²) in [5.74, 6) is -1.54. The van der Waals surface area contributed by atoms with Crippen molar-refractivity contribution in [1.82, 2.24) is 10.2 Å². The first kappa shape index (κ1) is 26.8. The molecule has 2 aromatic rings. The number of thioether (sulfide) groups is 1. The minimum Gasteiger partial charge on any atom is -0.394 e. The molecule has 3 aliphatic heterocycles. The molecule has 0 aliphatic carbocycles. The van der Waals surface area contributed by atoms with Gasteiger partial charge in [-0.2, -0.15) is 0 Å². The predicted octanol–water partition coefficient (Wildman–Crippen LogP) is 3.83. The van der Waals surface area contributed by atoms with Crippen LogP contribution in [0, 0.1) is 17.8 Å². The molecular formula is C30H37N3O4S. The van der Waals surface area contributed by atoms with E-state index >= 15 is 0 Å². The van der Waals surface area contributed by atoms with E-state index in [9.17, 15) is 19.5 Å². The Bertz CT molecular complexity index is 1190. The molecule has 2 unspecified atom stereocenters. The number of likely N-dealkylation sites (tertiary alicyclic amines) is 1. The molecule has 202 valence electrons. The van der Waals surface area contributed by atoms with Crippen LogP contribution in [0.4, 0.5) is 5.69 Å². The fraction of sp³-hybridized carbons (Fsp3) is 0.500. The number of rotatable bonds is 9. The van der Waals surface area contributed by atoms with E-state index in [0.29, 0.717) is 25.1 Å². The number of hydrogen-bond donors (Lipinski definition) is 3. The molecular weight excluding hydrogens is 498 g/mol. The fourth-order valence-corrected chi connectivity index (χ4v) is 9.24. The molecule has 2 bridgehead atoms. The van der Waals surface area contributed by atoms with E-state index in [2.05, 4.69) is 17.6 Å². The monoisotopic (exact) mass is 535 g/mol. The first-order chi connectivity index (χ1) is 18.2. The molecule has 6 atom stereocenters. The third kappa shape index (κ3) is 4.51. The van der Waals surface area contributed by atoms with Crippen LogP contribution in [-0.4, -0.2) is 55.9 Å². The maximum absolute atomic E-state index is 14.3. The van der Waals surface area contributed by atoms with Gasteiger partial charge in [0.1, 0.15) is 6.04 Å². The van der Waals surface area contributed by atoms with Gasteiger partial charge in [-0.15, -0.1) is 11.8 Å². The smallest absolute Gasteiger partial charge is 0.244 e. The standard InChI is InChI=1S/C30H37N3O4S/c1-19(2)16-22(18-34)33-25(27(36)31-17-20-10-6-4-7-11-20)30-15-14-29(3,38-30)23(24(30)28(33)37)26(35)32-21-12-8-5-9-13-21/h4-13,19,22-25,34H,14-18H2,1-3H3,(H,31,36)(H,32,35)/t22-,23-,24+,25?,29+,30?/m1/s1. The zero-order valence-electron chi connectivity index (χ0n) is 22.2. The summed E-state index contributed by atoms with van der Waals surface area (Å²) in [6.07, 6.45) is 2.01. The van der Waals surface area contributed by atoms with E-state index in [1.807, 2.05) is 74.5 Å². The average Bonchev–Trinajstić information content (AvgIpc) is 3.47. The van der Waals surface area contributed by atoms with Crippen molar-refractivity contribution in [3.63, 3.8) is 0 Å². The molecule has 3 fully saturated rings. The number of nitrogens with one attached hydrogen (secondary N) is 2. The summed E-state index contributed by atoms with van der Waals surface area (Å²) in [7, 11) is 0. The summed E-state index contributed by atoms with van der Waals surface area (Å²) < 4.78 is -1.16. The number of aliphatic hydroxyl groups excluding tert-OH is 1. The van der Waals surface area contributed by atoms with Gasteiger partial charge in [0.25, 0.3) is 0 Å². The average molecular weight is 536 g/mol. The molecule has 7 nitrogen and oxygen atoms in total. The highest BCUT2D eigenvalue weighted by atomic mass is 32.2. The van der Waals surface area contributed by atoms with Gasteiger partial charge in [0.2, 0.25) is 17.7 Å². The van der Waals surface area contributed by atoms with Gasteiger partial charge >= 0.3 is 0 Å². The number of aliphatic hydroxyl groups is 1.